The van der Waals surface area contributed by atoms with Gasteiger partial charge in [-0.2, -0.15) is 0 Å². The van der Waals surface area contributed by atoms with E-state index >= 15 is 0 Å². The standard InChI is InChI=1S/C17H34N4O4S.HI/c1-5-18-17(19-11-8-12-20(4)26(23,24)7-3)21-13-9-15(10-14-21)16(22)25-6-2;/h15H,5-14H2,1-4H3,(H,18,19);1H. The van der Waals surface area contributed by atoms with Crippen LogP contribution in [0.4, 0.5) is 0 Å². The Balaban J connectivity index is 0.00000676. The maximum Gasteiger partial charge on any atom is 0.309 e. The molecule has 0 amide bonds. The molecule has 1 rings (SSSR count). The van der Waals surface area contributed by atoms with Crippen molar-refractivity contribution >= 4 is 45.9 Å². The Morgan fingerprint density at radius 2 is 1.89 bits per heavy atom. The number of rotatable bonds is 9. The number of hydrogen-bond donors (Lipinski definition) is 1. The third-order valence-corrected chi connectivity index (χ3v) is 6.34. The maximum atomic E-state index is 11.8. The number of carbonyl (C=O) groups excluding carboxylic acids is 1. The van der Waals surface area contributed by atoms with Crippen molar-refractivity contribution in [3.63, 3.8) is 0 Å². The van der Waals surface area contributed by atoms with Gasteiger partial charge in [0.15, 0.2) is 5.96 Å². The molecule has 1 saturated heterocycles. The van der Waals surface area contributed by atoms with E-state index in [0.29, 0.717) is 26.1 Å². The molecule has 1 heterocycles. The van der Waals surface area contributed by atoms with Crippen LogP contribution in [-0.4, -0.2) is 81.7 Å². The SMILES string of the molecule is CCNC(=NCCCN(C)S(=O)(=O)CC)N1CCC(C(=O)OCC)CC1.I. The Morgan fingerprint density at radius 3 is 2.41 bits per heavy atom. The zero-order valence-electron chi connectivity index (χ0n) is 16.9. The Labute approximate surface area is 181 Å². The van der Waals surface area contributed by atoms with Crippen LogP contribution in [0.1, 0.15) is 40.0 Å². The van der Waals surface area contributed by atoms with Crippen molar-refractivity contribution in [2.24, 2.45) is 10.9 Å². The van der Waals surface area contributed by atoms with Gasteiger partial charge in [-0.05, 0) is 40.0 Å². The summed E-state index contributed by atoms with van der Waals surface area (Å²) in [6.45, 7) is 9.22. The molecular formula is C17H35IN4O4S. The number of nitrogens with zero attached hydrogens (tertiary/aromatic N) is 3. The van der Waals surface area contributed by atoms with Gasteiger partial charge in [0, 0.05) is 39.8 Å². The number of guanidine groups is 1. The van der Waals surface area contributed by atoms with Crippen LogP contribution in [-0.2, 0) is 19.6 Å². The predicted octanol–water partition coefficient (Wildman–Crippen LogP) is 1.52. The van der Waals surface area contributed by atoms with Gasteiger partial charge in [-0.25, -0.2) is 12.7 Å². The number of aliphatic imine (C=N–C) groups is 1. The van der Waals surface area contributed by atoms with E-state index in [0.717, 1.165) is 38.4 Å². The van der Waals surface area contributed by atoms with E-state index in [1.807, 2.05) is 13.8 Å². The van der Waals surface area contributed by atoms with Crippen molar-refractivity contribution in [2.45, 2.75) is 40.0 Å². The van der Waals surface area contributed by atoms with E-state index in [1.165, 1.54) is 4.31 Å². The van der Waals surface area contributed by atoms with Gasteiger partial charge in [-0.3, -0.25) is 9.79 Å². The fourth-order valence-electron chi connectivity index (χ4n) is 2.85. The monoisotopic (exact) mass is 518 g/mol. The Bertz CT molecular complexity index is 563. The van der Waals surface area contributed by atoms with Crippen molar-refractivity contribution in [1.82, 2.24) is 14.5 Å². The van der Waals surface area contributed by atoms with Gasteiger partial charge in [-0.1, -0.05) is 0 Å². The van der Waals surface area contributed by atoms with Gasteiger partial charge in [0.25, 0.3) is 0 Å². The zero-order valence-corrected chi connectivity index (χ0v) is 20.1. The van der Waals surface area contributed by atoms with E-state index in [-0.39, 0.29) is 41.6 Å². The topological polar surface area (TPSA) is 91.3 Å². The van der Waals surface area contributed by atoms with Gasteiger partial charge in [-0.15, -0.1) is 24.0 Å². The first-order chi connectivity index (χ1) is 12.4. The number of likely N-dealkylation sites (tertiary alicyclic amines) is 1. The Morgan fingerprint density at radius 1 is 1.26 bits per heavy atom. The lowest BCUT2D eigenvalue weighted by Gasteiger charge is -2.33. The summed E-state index contributed by atoms with van der Waals surface area (Å²) in [6.07, 6.45) is 2.20. The quantitative estimate of drug-likeness (QED) is 0.164. The smallest absolute Gasteiger partial charge is 0.309 e. The average molecular weight is 518 g/mol. The molecule has 1 fully saturated rings. The largest absolute Gasteiger partial charge is 0.466 e. The molecule has 1 aliphatic rings. The van der Waals surface area contributed by atoms with Gasteiger partial charge in [0.05, 0.1) is 18.3 Å². The van der Waals surface area contributed by atoms with E-state index < -0.39 is 10.0 Å². The van der Waals surface area contributed by atoms with Crippen LogP contribution in [0.15, 0.2) is 4.99 Å². The summed E-state index contributed by atoms with van der Waals surface area (Å²) in [4.78, 5) is 18.6. The summed E-state index contributed by atoms with van der Waals surface area (Å²) in [6, 6.07) is 0. The Hall–Kier alpha value is -0.620. The fraction of sp³-hybridized carbons (Fsp3) is 0.882. The first kappa shape index (κ1) is 26.4. The zero-order chi connectivity index (χ0) is 19.6. The number of esters is 1. The third kappa shape index (κ3) is 8.95. The van der Waals surface area contributed by atoms with Crippen LogP contribution in [0, 0.1) is 5.92 Å². The first-order valence-electron chi connectivity index (χ1n) is 9.49. The van der Waals surface area contributed by atoms with Crippen LogP contribution < -0.4 is 5.32 Å². The summed E-state index contributed by atoms with van der Waals surface area (Å²) in [5.41, 5.74) is 0. The lowest BCUT2D eigenvalue weighted by Crippen LogP contribution is -2.46. The Kier molecular flexibility index (Phi) is 13.2. The van der Waals surface area contributed by atoms with Crippen molar-refractivity contribution in [3.05, 3.63) is 0 Å². The number of carbonyl (C=O) groups is 1. The minimum absolute atomic E-state index is 0. The molecule has 8 nitrogen and oxygen atoms in total. The second kappa shape index (κ2) is 13.5. The number of halogens is 1. The van der Waals surface area contributed by atoms with Gasteiger partial charge in [0.2, 0.25) is 10.0 Å². The number of piperidine rings is 1. The van der Waals surface area contributed by atoms with Crippen LogP contribution in [0.25, 0.3) is 0 Å². The molecule has 0 atom stereocenters. The second-order valence-corrected chi connectivity index (χ2v) is 8.69. The molecule has 1 N–H and O–H groups in total. The second-order valence-electron chi connectivity index (χ2n) is 6.32. The number of nitrogens with one attached hydrogen (secondary N) is 1. The van der Waals surface area contributed by atoms with Crippen LogP contribution in [0.5, 0.6) is 0 Å². The van der Waals surface area contributed by atoms with Crippen LogP contribution in [0.2, 0.25) is 0 Å². The molecular weight excluding hydrogens is 483 g/mol. The molecule has 0 aromatic heterocycles. The molecule has 0 unspecified atom stereocenters. The molecule has 0 aromatic rings. The highest BCUT2D eigenvalue weighted by Crippen LogP contribution is 2.18. The summed E-state index contributed by atoms with van der Waals surface area (Å²) in [5.74, 6) is 0.817. The molecule has 0 saturated carbocycles. The molecule has 0 aliphatic carbocycles. The summed E-state index contributed by atoms with van der Waals surface area (Å²) in [5, 5.41) is 3.28. The minimum atomic E-state index is -3.13. The molecule has 10 heteroatoms. The summed E-state index contributed by atoms with van der Waals surface area (Å²) >= 11 is 0. The first-order valence-corrected chi connectivity index (χ1v) is 11.1. The minimum Gasteiger partial charge on any atom is -0.466 e. The fourth-order valence-corrected chi connectivity index (χ4v) is 3.70. The summed E-state index contributed by atoms with van der Waals surface area (Å²) in [7, 11) is -1.53. The lowest BCUT2D eigenvalue weighted by atomic mass is 9.97. The van der Waals surface area contributed by atoms with Gasteiger partial charge >= 0.3 is 5.97 Å². The molecule has 0 bridgehead atoms. The van der Waals surface area contributed by atoms with E-state index in [9.17, 15) is 13.2 Å². The van der Waals surface area contributed by atoms with Crippen molar-refractivity contribution in [1.29, 1.82) is 0 Å². The number of ether oxygens (including phenoxy) is 1. The third-order valence-electron chi connectivity index (χ3n) is 4.48. The normalized spacial score (nSPS) is 16.2. The number of sulfonamides is 1. The lowest BCUT2D eigenvalue weighted by molar-refractivity contribution is -0.149. The number of hydrogen-bond acceptors (Lipinski definition) is 5. The van der Waals surface area contributed by atoms with Gasteiger partial charge in [0.1, 0.15) is 0 Å². The predicted molar refractivity (Wildman–Crippen MR) is 119 cm³/mol. The molecule has 27 heavy (non-hydrogen) atoms. The summed E-state index contributed by atoms with van der Waals surface area (Å²) < 4.78 is 30.0. The van der Waals surface area contributed by atoms with Crippen molar-refractivity contribution in [2.75, 3.05) is 52.1 Å². The van der Waals surface area contributed by atoms with E-state index in [2.05, 4.69) is 15.2 Å². The average Bonchev–Trinajstić information content (AvgIpc) is 2.64. The van der Waals surface area contributed by atoms with Gasteiger partial charge < -0.3 is 15.0 Å². The maximum absolute atomic E-state index is 11.8. The highest BCUT2D eigenvalue weighted by Gasteiger charge is 2.27. The molecule has 0 spiro atoms. The van der Waals surface area contributed by atoms with Crippen molar-refractivity contribution in [3.8, 4) is 0 Å². The van der Waals surface area contributed by atoms with Crippen LogP contribution in [0.3, 0.4) is 0 Å². The van der Waals surface area contributed by atoms with E-state index in [4.69, 9.17) is 4.74 Å². The molecule has 160 valence electrons. The van der Waals surface area contributed by atoms with E-state index in [1.54, 1.807) is 14.0 Å². The highest BCUT2D eigenvalue weighted by atomic mass is 127. The van der Waals surface area contributed by atoms with Crippen LogP contribution >= 0.6 is 24.0 Å². The highest BCUT2D eigenvalue weighted by molar-refractivity contribution is 14.0. The molecule has 1 aliphatic heterocycles. The molecule has 0 aromatic carbocycles. The van der Waals surface area contributed by atoms with Crippen molar-refractivity contribution < 1.29 is 17.9 Å². The molecule has 0 radical (unpaired) electrons.